The van der Waals surface area contributed by atoms with Gasteiger partial charge in [0.2, 0.25) is 0 Å². The van der Waals surface area contributed by atoms with Crippen molar-refractivity contribution in [3.05, 3.63) is 21.8 Å². The maximum atomic E-state index is 7.53. The fraction of sp³-hybridized carbons (Fsp3) is 0.455. The summed E-state index contributed by atoms with van der Waals surface area (Å²) < 4.78 is 0.884. The second kappa shape index (κ2) is 5.23. The molecule has 0 aromatic carbocycles. The van der Waals surface area contributed by atoms with Crippen LogP contribution < -0.4 is 10.6 Å². The third-order valence-electron chi connectivity index (χ3n) is 2.95. The Hall–Kier alpha value is -0.810. The summed E-state index contributed by atoms with van der Waals surface area (Å²) >= 11 is 9.34. The molecular formula is C11H14BrClN4. The summed E-state index contributed by atoms with van der Waals surface area (Å²) in [4.78, 5) is 6.48. The first-order valence-corrected chi connectivity index (χ1v) is 6.65. The molecule has 2 rings (SSSR count). The van der Waals surface area contributed by atoms with Crippen LogP contribution in [-0.4, -0.2) is 23.9 Å². The van der Waals surface area contributed by atoms with Crippen molar-refractivity contribution in [2.45, 2.75) is 12.8 Å². The standard InChI is InChI=1S/C11H14BrClN4/c12-9-4-8(13)5-16-11(9)17-3-1-2-7(6-17)10(14)15/h4-5,7H,1-3,6H2,(H3,14,15). The maximum absolute atomic E-state index is 7.53. The third-order valence-corrected chi connectivity index (χ3v) is 3.74. The van der Waals surface area contributed by atoms with Gasteiger partial charge in [0.15, 0.2) is 0 Å². The Morgan fingerprint density at radius 3 is 3.06 bits per heavy atom. The third kappa shape index (κ3) is 2.90. The molecule has 6 heteroatoms. The molecule has 1 aliphatic rings. The van der Waals surface area contributed by atoms with Gasteiger partial charge in [0.05, 0.1) is 15.3 Å². The summed E-state index contributed by atoms with van der Waals surface area (Å²) in [5.41, 5.74) is 5.57. The van der Waals surface area contributed by atoms with Crippen LogP contribution in [0.15, 0.2) is 16.7 Å². The van der Waals surface area contributed by atoms with Gasteiger partial charge in [0, 0.05) is 25.2 Å². The molecule has 1 aromatic rings. The average molecular weight is 318 g/mol. The van der Waals surface area contributed by atoms with Crippen molar-refractivity contribution in [1.29, 1.82) is 5.41 Å². The number of nitrogens with one attached hydrogen (secondary N) is 1. The largest absolute Gasteiger partial charge is 0.387 e. The van der Waals surface area contributed by atoms with Crippen LogP contribution in [0.25, 0.3) is 0 Å². The number of piperidine rings is 1. The molecule has 3 N–H and O–H groups in total. The van der Waals surface area contributed by atoms with Crippen LogP contribution in [0, 0.1) is 11.3 Å². The molecular weight excluding hydrogens is 304 g/mol. The van der Waals surface area contributed by atoms with Gasteiger partial charge in [-0.05, 0) is 34.8 Å². The lowest BCUT2D eigenvalue weighted by atomic mass is 9.97. The van der Waals surface area contributed by atoms with E-state index in [1.807, 2.05) is 6.07 Å². The topological polar surface area (TPSA) is 66.0 Å². The molecule has 1 saturated heterocycles. The first-order valence-electron chi connectivity index (χ1n) is 5.48. The van der Waals surface area contributed by atoms with Crippen LogP contribution in [0.1, 0.15) is 12.8 Å². The van der Waals surface area contributed by atoms with E-state index in [-0.39, 0.29) is 11.8 Å². The minimum absolute atomic E-state index is 0.133. The number of nitrogens with zero attached hydrogens (tertiary/aromatic N) is 2. The van der Waals surface area contributed by atoms with E-state index in [2.05, 4.69) is 25.8 Å². The average Bonchev–Trinajstić information content (AvgIpc) is 2.29. The quantitative estimate of drug-likeness (QED) is 0.651. The zero-order valence-corrected chi connectivity index (χ0v) is 11.6. The molecule has 1 aromatic heterocycles. The summed E-state index contributed by atoms with van der Waals surface area (Å²) in [6, 6.07) is 1.83. The number of aromatic nitrogens is 1. The molecule has 0 amide bonds. The highest BCUT2D eigenvalue weighted by Gasteiger charge is 2.24. The lowest BCUT2D eigenvalue weighted by Gasteiger charge is -2.33. The Balaban J connectivity index is 2.19. The van der Waals surface area contributed by atoms with Gasteiger partial charge in [-0.15, -0.1) is 0 Å². The van der Waals surface area contributed by atoms with Gasteiger partial charge in [-0.3, -0.25) is 5.41 Å². The molecule has 1 atom stereocenters. The van der Waals surface area contributed by atoms with Crippen molar-refractivity contribution in [2.24, 2.45) is 11.7 Å². The minimum Gasteiger partial charge on any atom is -0.387 e. The highest BCUT2D eigenvalue weighted by atomic mass is 79.9. The van der Waals surface area contributed by atoms with Crippen LogP contribution >= 0.6 is 27.5 Å². The normalized spacial score (nSPS) is 20.4. The molecule has 0 spiro atoms. The number of nitrogens with two attached hydrogens (primary N) is 1. The second-order valence-electron chi connectivity index (χ2n) is 4.20. The predicted octanol–water partition coefficient (Wildman–Crippen LogP) is 2.65. The Labute approximate surface area is 114 Å². The fourth-order valence-corrected chi connectivity index (χ4v) is 2.95. The molecule has 4 nitrogen and oxygen atoms in total. The molecule has 0 radical (unpaired) electrons. The highest BCUT2D eigenvalue weighted by Crippen LogP contribution is 2.29. The molecule has 0 aliphatic carbocycles. The van der Waals surface area contributed by atoms with Crippen molar-refractivity contribution in [1.82, 2.24) is 4.98 Å². The van der Waals surface area contributed by atoms with Gasteiger partial charge in [0.25, 0.3) is 0 Å². The van der Waals surface area contributed by atoms with Gasteiger partial charge in [-0.1, -0.05) is 11.6 Å². The van der Waals surface area contributed by atoms with Gasteiger partial charge in [-0.2, -0.15) is 0 Å². The molecule has 92 valence electrons. The monoisotopic (exact) mass is 316 g/mol. The molecule has 1 fully saturated rings. The number of amidine groups is 1. The van der Waals surface area contributed by atoms with E-state index >= 15 is 0 Å². The minimum atomic E-state index is 0.133. The van der Waals surface area contributed by atoms with E-state index < -0.39 is 0 Å². The number of rotatable bonds is 2. The lowest BCUT2D eigenvalue weighted by molar-refractivity contribution is 0.499. The van der Waals surface area contributed by atoms with Crippen molar-refractivity contribution >= 4 is 39.2 Å². The number of hydrogen-bond acceptors (Lipinski definition) is 3. The van der Waals surface area contributed by atoms with E-state index in [0.717, 1.165) is 36.2 Å². The number of halogens is 2. The van der Waals surface area contributed by atoms with Crippen LogP contribution in [0.5, 0.6) is 0 Å². The summed E-state index contributed by atoms with van der Waals surface area (Å²) in [5.74, 6) is 1.27. The Morgan fingerprint density at radius 1 is 1.65 bits per heavy atom. The van der Waals surface area contributed by atoms with E-state index in [0.29, 0.717) is 5.02 Å². The predicted molar refractivity (Wildman–Crippen MR) is 73.8 cm³/mol. The second-order valence-corrected chi connectivity index (χ2v) is 5.49. The summed E-state index contributed by atoms with van der Waals surface area (Å²) in [5, 5.41) is 8.14. The van der Waals surface area contributed by atoms with Crippen molar-refractivity contribution in [2.75, 3.05) is 18.0 Å². The van der Waals surface area contributed by atoms with Crippen molar-refractivity contribution < 1.29 is 0 Å². The van der Waals surface area contributed by atoms with Crippen LogP contribution in [0.2, 0.25) is 5.02 Å². The van der Waals surface area contributed by atoms with E-state index in [4.69, 9.17) is 22.7 Å². The van der Waals surface area contributed by atoms with Crippen LogP contribution in [0.4, 0.5) is 5.82 Å². The van der Waals surface area contributed by atoms with Gasteiger partial charge in [-0.25, -0.2) is 4.98 Å². The Kier molecular flexibility index (Phi) is 3.89. The molecule has 0 bridgehead atoms. The Bertz CT molecular complexity index is 437. The molecule has 2 heterocycles. The Morgan fingerprint density at radius 2 is 2.41 bits per heavy atom. The van der Waals surface area contributed by atoms with Gasteiger partial charge in [0.1, 0.15) is 5.82 Å². The van der Waals surface area contributed by atoms with Gasteiger partial charge >= 0.3 is 0 Å². The number of pyridine rings is 1. The van der Waals surface area contributed by atoms with Crippen molar-refractivity contribution in [3.63, 3.8) is 0 Å². The van der Waals surface area contributed by atoms with E-state index in [9.17, 15) is 0 Å². The van der Waals surface area contributed by atoms with Crippen LogP contribution in [0.3, 0.4) is 0 Å². The summed E-state index contributed by atoms with van der Waals surface area (Å²) in [6.07, 6.45) is 3.65. The maximum Gasteiger partial charge on any atom is 0.142 e. The number of anilines is 1. The fourth-order valence-electron chi connectivity index (χ4n) is 2.06. The lowest BCUT2D eigenvalue weighted by Crippen LogP contribution is -2.41. The number of hydrogen-bond donors (Lipinski definition) is 2. The molecule has 1 unspecified atom stereocenters. The molecule has 1 aliphatic heterocycles. The SMILES string of the molecule is N=C(N)C1CCCN(c2ncc(Cl)cc2Br)C1. The first kappa shape index (κ1) is 12.6. The zero-order valence-electron chi connectivity index (χ0n) is 9.29. The summed E-state index contributed by atoms with van der Waals surface area (Å²) in [7, 11) is 0. The van der Waals surface area contributed by atoms with E-state index in [1.165, 1.54) is 0 Å². The van der Waals surface area contributed by atoms with Crippen LogP contribution in [-0.2, 0) is 0 Å². The first-order chi connectivity index (χ1) is 8.08. The van der Waals surface area contributed by atoms with Crippen molar-refractivity contribution in [3.8, 4) is 0 Å². The molecule has 0 saturated carbocycles. The highest BCUT2D eigenvalue weighted by molar-refractivity contribution is 9.10. The smallest absolute Gasteiger partial charge is 0.142 e. The van der Waals surface area contributed by atoms with Gasteiger partial charge < -0.3 is 10.6 Å². The molecule has 17 heavy (non-hydrogen) atoms. The zero-order chi connectivity index (χ0) is 12.4. The van der Waals surface area contributed by atoms with E-state index in [1.54, 1.807) is 6.20 Å². The summed E-state index contributed by atoms with van der Waals surface area (Å²) in [6.45, 7) is 1.69.